The molecule has 3 aromatic rings. The van der Waals surface area contributed by atoms with Crippen molar-refractivity contribution in [3.05, 3.63) is 101 Å². The number of halogens is 2. The Balaban J connectivity index is 2.41. The molecule has 3 rings (SSSR count). The van der Waals surface area contributed by atoms with Gasteiger partial charge in [-0.25, -0.2) is 0 Å². The van der Waals surface area contributed by atoms with Crippen molar-refractivity contribution >= 4 is 52.3 Å². The predicted molar refractivity (Wildman–Crippen MR) is 131 cm³/mol. The number of rotatable bonds is 5. The van der Waals surface area contributed by atoms with Crippen LogP contribution in [0, 0.1) is 5.41 Å². The molecule has 0 atom stereocenters. The minimum Gasteiger partial charge on any atom is -0.294 e. The van der Waals surface area contributed by atoms with E-state index in [0.29, 0.717) is 5.44 Å². The minimum atomic E-state index is -2.56. The first-order valence-corrected chi connectivity index (χ1v) is 12.3. The molecule has 0 bridgehead atoms. The first-order chi connectivity index (χ1) is 14.3. The largest absolute Gasteiger partial charge is 0.294 e. The summed E-state index contributed by atoms with van der Waals surface area (Å²) in [7, 11) is -2.56. The highest BCUT2D eigenvalue weighted by Crippen LogP contribution is 2.63. The number of hydrogen-bond acceptors (Lipinski definition) is 1. The molecule has 0 aliphatic rings. The standard InChI is InChI=1S/C25H24Cl2NOP/c1-25(2,3)24(29)28-23(22(26)27)30(19-13-7-4-8-14-19,20-15-9-5-10-16-20)21-17-11-6-12-18-21/h4-18H,1-3H3/p+1. The molecule has 0 aliphatic heterocycles. The third-order valence-corrected chi connectivity index (χ3v) is 9.72. The van der Waals surface area contributed by atoms with Gasteiger partial charge in [0, 0.05) is 5.41 Å². The summed E-state index contributed by atoms with van der Waals surface area (Å²) in [6, 6.07) is 30.4. The van der Waals surface area contributed by atoms with Crippen LogP contribution in [0.4, 0.5) is 0 Å². The second-order valence-corrected chi connectivity index (χ2v) is 12.3. The fraction of sp³-hybridized carbons (Fsp3) is 0.160. The number of benzene rings is 3. The summed E-state index contributed by atoms with van der Waals surface area (Å²) in [6.07, 6.45) is 0. The topological polar surface area (TPSA) is 29.1 Å². The van der Waals surface area contributed by atoms with Crippen molar-refractivity contribution in [2.75, 3.05) is 0 Å². The summed E-state index contributed by atoms with van der Waals surface area (Å²) in [5.41, 5.74) is -0.0526. The van der Waals surface area contributed by atoms with Gasteiger partial charge in [-0.05, 0) is 36.4 Å². The zero-order valence-corrected chi connectivity index (χ0v) is 19.7. The SMILES string of the molecule is CC(C)(C)C(=O)NC(=C(Cl)Cl)[P+](c1ccccc1)(c1ccccc1)c1ccccc1. The Kier molecular flexibility index (Phi) is 7.03. The van der Waals surface area contributed by atoms with Crippen molar-refractivity contribution in [2.24, 2.45) is 5.41 Å². The van der Waals surface area contributed by atoms with E-state index in [-0.39, 0.29) is 10.4 Å². The first kappa shape index (κ1) is 22.6. The van der Waals surface area contributed by atoms with Gasteiger partial charge in [0.1, 0.15) is 15.9 Å². The van der Waals surface area contributed by atoms with Gasteiger partial charge in [-0.1, -0.05) is 98.6 Å². The Morgan fingerprint density at radius 1 is 0.700 bits per heavy atom. The van der Waals surface area contributed by atoms with Crippen LogP contribution < -0.4 is 21.2 Å². The summed E-state index contributed by atoms with van der Waals surface area (Å²) >= 11 is 13.1. The van der Waals surface area contributed by atoms with E-state index in [4.69, 9.17) is 23.2 Å². The molecule has 5 heteroatoms. The minimum absolute atomic E-state index is 0.0671. The highest BCUT2D eigenvalue weighted by molar-refractivity contribution is 7.99. The van der Waals surface area contributed by atoms with Crippen LogP contribution in [0.25, 0.3) is 0 Å². The molecule has 0 aromatic heterocycles. The quantitative estimate of drug-likeness (QED) is 0.486. The highest BCUT2D eigenvalue weighted by atomic mass is 35.5. The van der Waals surface area contributed by atoms with Crippen LogP contribution in [0.5, 0.6) is 0 Å². The van der Waals surface area contributed by atoms with Crippen LogP contribution in [0.15, 0.2) is 101 Å². The lowest BCUT2D eigenvalue weighted by molar-refractivity contribution is -0.127. The fourth-order valence-corrected chi connectivity index (χ4v) is 8.25. The summed E-state index contributed by atoms with van der Waals surface area (Å²) in [6.45, 7) is 5.61. The number of hydrogen-bond donors (Lipinski definition) is 1. The summed E-state index contributed by atoms with van der Waals surface area (Å²) in [5.74, 6) is -0.136. The van der Waals surface area contributed by atoms with Crippen LogP contribution in [0.3, 0.4) is 0 Å². The molecular weight excluding hydrogens is 432 g/mol. The van der Waals surface area contributed by atoms with Crippen LogP contribution in [-0.2, 0) is 4.79 Å². The van der Waals surface area contributed by atoms with Gasteiger partial charge in [0.05, 0.1) is 0 Å². The van der Waals surface area contributed by atoms with Crippen molar-refractivity contribution in [1.29, 1.82) is 0 Å². The van der Waals surface area contributed by atoms with Crippen LogP contribution in [0.2, 0.25) is 0 Å². The Labute approximate surface area is 189 Å². The Bertz CT molecular complexity index is 928. The van der Waals surface area contributed by atoms with Crippen molar-refractivity contribution in [3.8, 4) is 0 Å². The maximum Gasteiger partial charge on any atom is 0.232 e. The number of carbonyl (C=O) groups is 1. The molecule has 3 aromatic carbocycles. The first-order valence-electron chi connectivity index (χ1n) is 9.71. The summed E-state index contributed by atoms with van der Waals surface area (Å²) in [5, 5.41) is 6.30. The molecule has 30 heavy (non-hydrogen) atoms. The molecule has 0 radical (unpaired) electrons. The second-order valence-electron chi connectivity index (χ2n) is 7.99. The highest BCUT2D eigenvalue weighted by Gasteiger charge is 2.52. The molecule has 0 spiro atoms. The van der Waals surface area contributed by atoms with Crippen LogP contribution in [-0.4, -0.2) is 5.91 Å². The lowest BCUT2D eigenvalue weighted by Gasteiger charge is -2.30. The van der Waals surface area contributed by atoms with E-state index in [2.05, 4.69) is 41.7 Å². The Hall–Kier alpha value is -2.12. The van der Waals surface area contributed by atoms with Crippen molar-refractivity contribution in [2.45, 2.75) is 20.8 Å². The zero-order chi connectivity index (χ0) is 21.8. The molecule has 0 unspecified atom stereocenters. The Morgan fingerprint density at radius 3 is 1.30 bits per heavy atom. The van der Waals surface area contributed by atoms with Crippen molar-refractivity contribution in [3.63, 3.8) is 0 Å². The summed E-state index contributed by atoms with van der Waals surface area (Å²) < 4.78 is 0.0671. The number of carbonyl (C=O) groups excluding carboxylic acids is 1. The van der Waals surface area contributed by atoms with Gasteiger partial charge >= 0.3 is 0 Å². The lowest BCUT2D eigenvalue weighted by atomic mass is 9.96. The van der Waals surface area contributed by atoms with Gasteiger partial charge in [-0.15, -0.1) is 0 Å². The molecule has 2 nitrogen and oxygen atoms in total. The monoisotopic (exact) mass is 456 g/mol. The molecule has 154 valence electrons. The Morgan fingerprint density at radius 2 is 1.03 bits per heavy atom. The third-order valence-electron chi connectivity index (χ3n) is 4.86. The van der Waals surface area contributed by atoms with Crippen molar-refractivity contribution < 1.29 is 4.79 Å². The fourth-order valence-electron chi connectivity index (χ4n) is 3.34. The molecule has 0 aliphatic carbocycles. The van der Waals surface area contributed by atoms with E-state index in [0.717, 1.165) is 15.9 Å². The molecule has 0 saturated heterocycles. The third kappa shape index (κ3) is 4.47. The average molecular weight is 457 g/mol. The lowest BCUT2D eigenvalue weighted by Crippen LogP contribution is -2.41. The zero-order valence-electron chi connectivity index (χ0n) is 17.3. The van der Waals surface area contributed by atoms with Crippen molar-refractivity contribution in [1.82, 2.24) is 5.32 Å². The van der Waals surface area contributed by atoms with Gasteiger partial charge < -0.3 is 0 Å². The molecule has 1 amide bonds. The normalized spacial score (nSPS) is 11.6. The molecule has 0 fully saturated rings. The van der Waals surface area contributed by atoms with E-state index < -0.39 is 12.7 Å². The van der Waals surface area contributed by atoms with E-state index in [1.807, 2.05) is 75.4 Å². The molecule has 1 N–H and O–H groups in total. The maximum atomic E-state index is 13.1. The van der Waals surface area contributed by atoms with Gasteiger partial charge in [-0.2, -0.15) is 0 Å². The number of nitrogens with one attached hydrogen (secondary N) is 1. The van der Waals surface area contributed by atoms with E-state index >= 15 is 0 Å². The predicted octanol–water partition coefficient (Wildman–Crippen LogP) is 5.75. The van der Waals surface area contributed by atoms with Gasteiger partial charge in [0.2, 0.25) is 11.3 Å². The van der Waals surface area contributed by atoms with Gasteiger partial charge in [0.15, 0.2) is 11.8 Å². The van der Waals surface area contributed by atoms with E-state index in [1.165, 1.54) is 0 Å². The number of amides is 1. The van der Waals surface area contributed by atoms with Crippen LogP contribution in [0.1, 0.15) is 20.8 Å². The maximum absolute atomic E-state index is 13.1. The second kappa shape index (κ2) is 9.35. The smallest absolute Gasteiger partial charge is 0.232 e. The molecule has 0 heterocycles. The van der Waals surface area contributed by atoms with Gasteiger partial charge in [-0.3, -0.25) is 10.1 Å². The molecular formula is C25H25Cl2NOP+. The molecule has 0 saturated carbocycles. The van der Waals surface area contributed by atoms with E-state index in [1.54, 1.807) is 0 Å². The van der Waals surface area contributed by atoms with E-state index in [9.17, 15) is 4.79 Å². The summed E-state index contributed by atoms with van der Waals surface area (Å²) in [4.78, 5) is 13.1. The van der Waals surface area contributed by atoms with Crippen LogP contribution >= 0.6 is 30.5 Å². The average Bonchev–Trinajstić information content (AvgIpc) is 2.75. The van der Waals surface area contributed by atoms with Gasteiger partial charge in [0.25, 0.3) is 0 Å².